The number of carbonyl (C=O) groups excluding carboxylic acids is 1. The SMILES string of the molecule is CC(C)C1CC2(CCN(O)C2=O)c2cc(F)ccc2O1. The van der Waals surface area contributed by atoms with Gasteiger partial charge in [0.05, 0.1) is 5.41 Å². The second-order valence-corrected chi connectivity index (χ2v) is 6.01. The number of hydroxylamine groups is 2. The zero-order valence-corrected chi connectivity index (χ0v) is 11.6. The van der Waals surface area contributed by atoms with E-state index in [0.29, 0.717) is 24.2 Å². The minimum atomic E-state index is -0.848. The number of ether oxygens (including phenoxy) is 1. The molecule has 108 valence electrons. The zero-order chi connectivity index (χ0) is 14.5. The van der Waals surface area contributed by atoms with Crippen LogP contribution in [0, 0.1) is 11.7 Å². The average Bonchev–Trinajstić information content (AvgIpc) is 2.69. The Morgan fingerprint density at radius 1 is 1.50 bits per heavy atom. The summed E-state index contributed by atoms with van der Waals surface area (Å²) in [6, 6.07) is 4.28. The second kappa shape index (κ2) is 4.45. The second-order valence-electron chi connectivity index (χ2n) is 6.01. The molecule has 0 aliphatic carbocycles. The summed E-state index contributed by atoms with van der Waals surface area (Å²) in [6.45, 7) is 4.34. The molecule has 2 aliphatic rings. The van der Waals surface area contributed by atoms with Crippen LogP contribution in [0.5, 0.6) is 5.75 Å². The molecule has 2 heterocycles. The van der Waals surface area contributed by atoms with Crippen LogP contribution < -0.4 is 4.74 Å². The highest BCUT2D eigenvalue weighted by Crippen LogP contribution is 2.48. The van der Waals surface area contributed by atoms with Gasteiger partial charge in [0.2, 0.25) is 0 Å². The summed E-state index contributed by atoms with van der Waals surface area (Å²) in [7, 11) is 0. The van der Waals surface area contributed by atoms with Crippen LogP contribution in [0.4, 0.5) is 4.39 Å². The lowest BCUT2D eigenvalue weighted by atomic mass is 9.71. The highest BCUT2D eigenvalue weighted by atomic mass is 19.1. The topological polar surface area (TPSA) is 49.8 Å². The van der Waals surface area contributed by atoms with Gasteiger partial charge in [-0.25, -0.2) is 9.45 Å². The zero-order valence-electron chi connectivity index (χ0n) is 11.6. The number of rotatable bonds is 1. The van der Waals surface area contributed by atoms with E-state index in [1.54, 1.807) is 6.07 Å². The van der Waals surface area contributed by atoms with Crippen molar-refractivity contribution in [2.75, 3.05) is 6.54 Å². The van der Waals surface area contributed by atoms with Gasteiger partial charge < -0.3 is 4.74 Å². The van der Waals surface area contributed by atoms with E-state index in [2.05, 4.69) is 0 Å². The molecule has 1 saturated heterocycles. The summed E-state index contributed by atoms with van der Waals surface area (Å²) in [5.41, 5.74) is -0.282. The van der Waals surface area contributed by atoms with Gasteiger partial charge in [-0.3, -0.25) is 10.0 Å². The lowest BCUT2D eigenvalue weighted by molar-refractivity contribution is -0.162. The average molecular weight is 279 g/mol. The number of nitrogens with zero attached hydrogens (tertiary/aromatic N) is 1. The van der Waals surface area contributed by atoms with E-state index in [4.69, 9.17) is 4.74 Å². The molecule has 2 unspecified atom stereocenters. The van der Waals surface area contributed by atoms with Crippen LogP contribution in [0.3, 0.4) is 0 Å². The van der Waals surface area contributed by atoms with Gasteiger partial charge in [0.15, 0.2) is 0 Å². The molecular formula is C15H18FNO3. The van der Waals surface area contributed by atoms with Gasteiger partial charge in [-0.15, -0.1) is 0 Å². The normalized spacial score (nSPS) is 28.9. The minimum absolute atomic E-state index is 0.108. The van der Waals surface area contributed by atoms with Crippen molar-refractivity contribution in [3.63, 3.8) is 0 Å². The Kier molecular flexibility index (Phi) is 2.97. The summed E-state index contributed by atoms with van der Waals surface area (Å²) >= 11 is 0. The van der Waals surface area contributed by atoms with Crippen molar-refractivity contribution >= 4 is 5.91 Å². The van der Waals surface area contributed by atoms with E-state index < -0.39 is 5.41 Å². The Morgan fingerprint density at radius 2 is 2.25 bits per heavy atom. The third kappa shape index (κ3) is 1.80. The van der Waals surface area contributed by atoms with E-state index in [0.717, 1.165) is 5.06 Å². The molecule has 0 saturated carbocycles. The van der Waals surface area contributed by atoms with E-state index >= 15 is 0 Å². The molecule has 3 rings (SSSR count). The van der Waals surface area contributed by atoms with Gasteiger partial charge in [0.25, 0.3) is 5.91 Å². The van der Waals surface area contributed by atoms with Crippen LogP contribution in [-0.2, 0) is 10.2 Å². The van der Waals surface area contributed by atoms with Crippen LogP contribution in [-0.4, -0.2) is 28.8 Å². The first-order valence-electron chi connectivity index (χ1n) is 6.91. The van der Waals surface area contributed by atoms with E-state index in [1.165, 1.54) is 12.1 Å². The number of hydrogen-bond acceptors (Lipinski definition) is 3. The van der Waals surface area contributed by atoms with Crippen molar-refractivity contribution in [3.05, 3.63) is 29.6 Å². The molecule has 1 amide bonds. The molecule has 1 spiro atoms. The van der Waals surface area contributed by atoms with Gasteiger partial charge in [0, 0.05) is 18.5 Å². The Labute approximate surface area is 117 Å². The Hall–Kier alpha value is -1.62. The maximum atomic E-state index is 13.6. The molecular weight excluding hydrogens is 261 g/mol. The first kappa shape index (κ1) is 13.4. The fourth-order valence-corrected chi connectivity index (χ4v) is 3.20. The van der Waals surface area contributed by atoms with Crippen LogP contribution in [0.15, 0.2) is 18.2 Å². The van der Waals surface area contributed by atoms with Gasteiger partial charge in [-0.1, -0.05) is 13.8 Å². The molecule has 2 atom stereocenters. The lowest BCUT2D eigenvalue weighted by Gasteiger charge is -2.39. The van der Waals surface area contributed by atoms with Crippen LogP contribution in [0.1, 0.15) is 32.3 Å². The molecule has 0 bridgehead atoms. The van der Waals surface area contributed by atoms with Crippen molar-refractivity contribution in [2.24, 2.45) is 5.92 Å². The fraction of sp³-hybridized carbons (Fsp3) is 0.533. The van der Waals surface area contributed by atoms with Gasteiger partial charge in [-0.2, -0.15) is 0 Å². The number of halogens is 1. The highest BCUT2D eigenvalue weighted by molar-refractivity contribution is 5.90. The fourth-order valence-electron chi connectivity index (χ4n) is 3.20. The molecule has 1 fully saturated rings. The monoisotopic (exact) mass is 279 g/mol. The van der Waals surface area contributed by atoms with E-state index in [1.807, 2.05) is 13.8 Å². The van der Waals surface area contributed by atoms with Crippen molar-refractivity contribution in [1.82, 2.24) is 5.06 Å². The number of fused-ring (bicyclic) bond motifs is 2. The number of hydrogen-bond donors (Lipinski definition) is 1. The van der Waals surface area contributed by atoms with Crippen LogP contribution >= 0.6 is 0 Å². The summed E-state index contributed by atoms with van der Waals surface area (Å²) in [5.74, 6) is 0.0582. The Morgan fingerprint density at radius 3 is 2.85 bits per heavy atom. The molecule has 0 aromatic heterocycles. The quantitative estimate of drug-likeness (QED) is 0.803. The third-order valence-electron chi connectivity index (χ3n) is 4.42. The molecule has 1 aromatic carbocycles. The van der Waals surface area contributed by atoms with Crippen molar-refractivity contribution in [2.45, 2.75) is 38.2 Å². The summed E-state index contributed by atoms with van der Waals surface area (Å²) in [5, 5.41) is 10.4. The Balaban J connectivity index is 2.14. The summed E-state index contributed by atoms with van der Waals surface area (Å²) < 4.78 is 19.5. The molecule has 5 heteroatoms. The maximum Gasteiger partial charge on any atom is 0.256 e. The van der Waals surface area contributed by atoms with Crippen LogP contribution in [0.25, 0.3) is 0 Å². The largest absolute Gasteiger partial charge is 0.490 e. The Bertz CT molecular complexity index is 560. The van der Waals surface area contributed by atoms with Crippen LogP contribution in [0.2, 0.25) is 0 Å². The first-order chi connectivity index (χ1) is 9.44. The molecule has 20 heavy (non-hydrogen) atoms. The van der Waals surface area contributed by atoms with Crippen molar-refractivity contribution in [3.8, 4) is 5.75 Å². The maximum absolute atomic E-state index is 13.6. The van der Waals surface area contributed by atoms with Crippen molar-refractivity contribution < 1.29 is 19.1 Å². The standard InChI is InChI=1S/C15H18FNO3/c1-9(2)13-8-15(5-6-17(19)14(15)18)11-7-10(16)3-4-12(11)20-13/h3-4,7,9,13,19H,5-6,8H2,1-2H3. The molecule has 1 N–H and O–H groups in total. The molecule has 0 radical (unpaired) electrons. The molecule has 4 nitrogen and oxygen atoms in total. The molecule has 1 aromatic rings. The number of amides is 1. The molecule has 2 aliphatic heterocycles. The van der Waals surface area contributed by atoms with Gasteiger partial charge >= 0.3 is 0 Å². The van der Waals surface area contributed by atoms with E-state index in [-0.39, 0.29) is 30.3 Å². The smallest absolute Gasteiger partial charge is 0.256 e. The lowest BCUT2D eigenvalue weighted by Crippen LogP contribution is -2.45. The number of carbonyl (C=O) groups is 1. The predicted molar refractivity (Wildman–Crippen MR) is 70.1 cm³/mol. The summed E-state index contributed by atoms with van der Waals surface area (Å²) in [6.07, 6.45) is 0.867. The third-order valence-corrected chi connectivity index (χ3v) is 4.42. The van der Waals surface area contributed by atoms with Gasteiger partial charge in [0.1, 0.15) is 17.7 Å². The highest BCUT2D eigenvalue weighted by Gasteiger charge is 2.53. The predicted octanol–water partition coefficient (Wildman–Crippen LogP) is 2.49. The summed E-state index contributed by atoms with van der Waals surface area (Å²) in [4.78, 5) is 12.4. The number of benzene rings is 1. The van der Waals surface area contributed by atoms with Crippen molar-refractivity contribution in [1.29, 1.82) is 0 Å². The van der Waals surface area contributed by atoms with Gasteiger partial charge in [-0.05, 0) is 30.5 Å². The van der Waals surface area contributed by atoms with E-state index in [9.17, 15) is 14.4 Å². The first-order valence-corrected chi connectivity index (χ1v) is 6.91. The minimum Gasteiger partial charge on any atom is -0.490 e.